The molecule has 1 aromatic carbocycles. The highest BCUT2D eigenvalue weighted by molar-refractivity contribution is 9.10. The maximum Gasteiger partial charge on any atom is 0.223 e. The summed E-state index contributed by atoms with van der Waals surface area (Å²) in [7, 11) is 1.62. The Morgan fingerprint density at radius 2 is 2.27 bits per heavy atom. The first kappa shape index (κ1) is 12.0. The van der Waals surface area contributed by atoms with Crippen LogP contribution < -0.4 is 10.1 Å². The molecule has 0 heterocycles. The number of amides is 1. The zero-order chi connectivity index (χ0) is 11.3. The van der Waals surface area contributed by atoms with Crippen molar-refractivity contribution in [1.29, 1.82) is 0 Å². The number of carbonyl (C=O) groups is 1. The third kappa shape index (κ3) is 3.91. The van der Waals surface area contributed by atoms with Gasteiger partial charge in [-0.05, 0) is 24.6 Å². The number of rotatable bonds is 4. The SMILES string of the molecule is CNC(=O)CCOc1cc(Br)ccc1C. The van der Waals surface area contributed by atoms with E-state index in [4.69, 9.17) is 4.74 Å². The summed E-state index contributed by atoms with van der Waals surface area (Å²) in [6.45, 7) is 2.37. The van der Waals surface area contributed by atoms with E-state index in [0.29, 0.717) is 13.0 Å². The van der Waals surface area contributed by atoms with Gasteiger partial charge in [-0.1, -0.05) is 22.0 Å². The Labute approximate surface area is 97.9 Å². The van der Waals surface area contributed by atoms with Crippen molar-refractivity contribution in [2.75, 3.05) is 13.7 Å². The molecule has 0 aliphatic heterocycles. The van der Waals surface area contributed by atoms with E-state index in [1.54, 1.807) is 7.05 Å². The molecule has 0 unspecified atom stereocenters. The number of aryl methyl sites for hydroxylation is 1. The van der Waals surface area contributed by atoms with Gasteiger partial charge in [0, 0.05) is 11.5 Å². The first-order valence-electron chi connectivity index (χ1n) is 4.73. The zero-order valence-corrected chi connectivity index (χ0v) is 10.4. The molecule has 0 aromatic heterocycles. The average molecular weight is 272 g/mol. The Bertz CT molecular complexity index is 352. The van der Waals surface area contributed by atoms with Crippen LogP contribution in [0.2, 0.25) is 0 Å². The molecule has 1 N–H and O–H groups in total. The molecule has 0 atom stereocenters. The lowest BCUT2D eigenvalue weighted by molar-refractivity contribution is -0.121. The van der Waals surface area contributed by atoms with Crippen LogP contribution in [0, 0.1) is 6.92 Å². The van der Waals surface area contributed by atoms with E-state index >= 15 is 0 Å². The summed E-state index contributed by atoms with van der Waals surface area (Å²) < 4.78 is 6.47. The van der Waals surface area contributed by atoms with Gasteiger partial charge in [0.05, 0.1) is 13.0 Å². The standard InChI is InChI=1S/C11H14BrNO2/c1-8-3-4-9(12)7-10(8)15-6-5-11(14)13-2/h3-4,7H,5-6H2,1-2H3,(H,13,14). The van der Waals surface area contributed by atoms with E-state index < -0.39 is 0 Å². The van der Waals surface area contributed by atoms with Crippen molar-refractivity contribution in [2.24, 2.45) is 0 Å². The van der Waals surface area contributed by atoms with Crippen LogP contribution >= 0.6 is 15.9 Å². The number of halogens is 1. The Balaban J connectivity index is 2.50. The second-order valence-corrected chi connectivity index (χ2v) is 4.10. The quantitative estimate of drug-likeness (QED) is 0.913. The van der Waals surface area contributed by atoms with Crippen LogP contribution in [0.1, 0.15) is 12.0 Å². The van der Waals surface area contributed by atoms with Gasteiger partial charge in [-0.2, -0.15) is 0 Å². The summed E-state index contributed by atoms with van der Waals surface area (Å²) in [6.07, 6.45) is 0.377. The van der Waals surface area contributed by atoms with Crippen molar-refractivity contribution < 1.29 is 9.53 Å². The lowest BCUT2D eigenvalue weighted by Crippen LogP contribution is -2.20. The predicted octanol–water partition coefficient (Wildman–Crippen LogP) is 2.27. The number of benzene rings is 1. The third-order valence-electron chi connectivity index (χ3n) is 2.02. The molecule has 15 heavy (non-hydrogen) atoms. The normalized spacial score (nSPS) is 9.80. The van der Waals surface area contributed by atoms with Gasteiger partial charge >= 0.3 is 0 Å². The monoisotopic (exact) mass is 271 g/mol. The Morgan fingerprint density at radius 1 is 1.53 bits per heavy atom. The lowest BCUT2D eigenvalue weighted by atomic mass is 10.2. The fourth-order valence-electron chi connectivity index (χ4n) is 1.11. The number of hydrogen-bond acceptors (Lipinski definition) is 2. The number of carbonyl (C=O) groups excluding carboxylic acids is 1. The lowest BCUT2D eigenvalue weighted by Gasteiger charge is -2.08. The first-order valence-corrected chi connectivity index (χ1v) is 5.52. The van der Waals surface area contributed by atoms with Crippen molar-refractivity contribution in [3.8, 4) is 5.75 Å². The molecule has 0 saturated carbocycles. The number of hydrogen-bond donors (Lipinski definition) is 1. The summed E-state index contributed by atoms with van der Waals surface area (Å²) in [5.74, 6) is 0.802. The van der Waals surface area contributed by atoms with Crippen LogP contribution in [0.4, 0.5) is 0 Å². The Morgan fingerprint density at radius 3 is 2.93 bits per heavy atom. The molecule has 1 aromatic rings. The minimum absolute atomic E-state index is 0.0114. The van der Waals surface area contributed by atoms with E-state index in [1.165, 1.54) is 0 Å². The van der Waals surface area contributed by atoms with Gasteiger partial charge in [-0.15, -0.1) is 0 Å². The summed E-state index contributed by atoms with van der Waals surface area (Å²) in [5.41, 5.74) is 1.06. The van der Waals surface area contributed by atoms with Crippen LogP contribution in [0.15, 0.2) is 22.7 Å². The minimum atomic E-state index is -0.0114. The van der Waals surface area contributed by atoms with Gasteiger partial charge in [0.25, 0.3) is 0 Å². The largest absolute Gasteiger partial charge is 0.493 e. The van der Waals surface area contributed by atoms with E-state index in [0.717, 1.165) is 15.8 Å². The molecule has 82 valence electrons. The molecule has 0 fully saturated rings. The summed E-state index contributed by atoms with van der Waals surface area (Å²) >= 11 is 3.37. The van der Waals surface area contributed by atoms with Gasteiger partial charge in [0.1, 0.15) is 5.75 Å². The van der Waals surface area contributed by atoms with Gasteiger partial charge in [0.2, 0.25) is 5.91 Å². The fourth-order valence-corrected chi connectivity index (χ4v) is 1.45. The Hall–Kier alpha value is -1.03. The molecule has 0 spiro atoms. The molecular formula is C11H14BrNO2. The minimum Gasteiger partial charge on any atom is -0.493 e. The van der Waals surface area contributed by atoms with Gasteiger partial charge < -0.3 is 10.1 Å². The van der Waals surface area contributed by atoms with Crippen LogP contribution in [-0.2, 0) is 4.79 Å². The maximum absolute atomic E-state index is 11.0. The zero-order valence-electron chi connectivity index (χ0n) is 8.84. The maximum atomic E-state index is 11.0. The highest BCUT2D eigenvalue weighted by Gasteiger charge is 2.02. The van der Waals surface area contributed by atoms with E-state index in [2.05, 4.69) is 21.2 Å². The summed E-state index contributed by atoms with van der Waals surface area (Å²) in [5, 5.41) is 2.55. The predicted molar refractivity (Wildman–Crippen MR) is 63.1 cm³/mol. The summed E-state index contributed by atoms with van der Waals surface area (Å²) in [4.78, 5) is 11.0. The highest BCUT2D eigenvalue weighted by Crippen LogP contribution is 2.22. The molecule has 0 aliphatic rings. The second-order valence-electron chi connectivity index (χ2n) is 3.18. The van der Waals surface area contributed by atoms with E-state index in [9.17, 15) is 4.79 Å². The molecule has 0 radical (unpaired) electrons. The second kappa shape index (κ2) is 5.75. The van der Waals surface area contributed by atoms with Crippen molar-refractivity contribution in [1.82, 2.24) is 5.32 Å². The third-order valence-corrected chi connectivity index (χ3v) is 2.51. The molecule has 4 heteroatoms. The molecule has 0 saturated heterocycles. The smallest absolute Gasteiger partial charge is 0.223 e. The Kier molecular flexibility index (Phi) is 4.62. The molecule has 0 bridgehead atoms. The van der Waals surface area contributed by atoms with Crippen LogP contribution in [0.5, 0.6) is 5.75 Å². The topological polar surface area (TPSA) is 38.3 Å². The summed E-state index contributed by atoms with van der Waals surface area (Å²) in [6, 6.07) is 5.83. The molecule has 0 aliphatic carbocycles. The van der Waals surface area contributed by atoms with E-state index in [-0.39, 0.29) is 5.91 Å². The van der Waals surface area contributed by atoms with Crippen LogP contribution in [-0.4, -0.2) is 19.6 Å². The first-order chi connectivity index (χ1) is 7.13. The molecule has 1 amide bonds. The van der Waals surface area contributed by atoms with Gasteiger partial charge in [-0.25, -0.2) is 0 Å². The molecule has 1 rings (SSSR count). The fraction of sp³-hybridized carbons (Fsp3) is 0.364. The molecule has 3 nitrogen and oxygen atoms in total. The van der Waals surface area contributed by atoms with Crippen molar-refractivity contribution in [3.05, 3.63) is 28.2 Å². The van der Waals surface area contributed by atoms with Crippen molar-refractivity contribution >= 4 is 21.8 Å². The highest BCUT2D eigenvalue weighted by atomic mass is 79.9. The van der Waals surface area contributed by atoms with Crippen molar-refractivity contribution in [2.45, 2.75) is 13.3 Å². The van der Waals surface area contributed by atoms with Crippen molar-refractivity contribution in [3.63, 3.8) is 0 Å². The molecular weight excluding hydrogens is 258 g/mol. The van der Waals surface area contributed by atoms with Gasteiger partial charge in [0.15, 0.2) is 0 Å². The average Bonchev–Trinajstić information content (AvgIpc) is 2.23. The van der Waals surface area contributed by atoms with Crippen LogP contribution in [0.3, 0.4) is 0 Å². The number of nitrogens with one attached hydrogen (secondary N) is 1. The van der Waals surface area contributed by atoms with Gasteiger partial charge in [-0.3, -0.25) is 4.79 Å². The van der Waals surface area contributed by atoms with Crippen LogP contribution in [0.25, 0.3) is 0 Å². The number of ether oxygens (including phenoxy) is 1. The van der Waals surface area contributed by atoms with E-state index in [1.807, 2.05) is 25.1 Å².